The first-order chi connectivity index (χ1) is 10.7. The maximum atomic E-state index is 4.52. The molecule has 0 atom stereocenters. The van der Waals surface area contributed by atoms with E-state index in [1.165, 1.54) is 16.9 Å². The summed E-state index contributed by atoms with van der Waals surface area (Å²) in [5.41, 5.74) is 4.58. The van der Waals surface area contributed by atoms with Gasteiger partial charge in [-0.3, -0.25) is 0 Å². The van der Waals surface area contributed by atoms with Crippen LogP contribution >= 0.6 is 0 Å². The van der Waals surface area contributed by atoms with Crippen LogP contribution in [0.15, 0.2) is 30.5 Å². The van der Waals surface area contributed by atoms with Crippen molar-refractivity contribution in [3.8, 4) is 0 Å². The predicted octanol–water partition coefficient (Wildman–Crippen LogP) is -5.46. The Morgan fingerprint density at radius 2 is 1.71 bits per heavy atom. The summed E-state index contributed by atoms with van der Waals surface area (Å²) in [5, 5.41) is 8.70. The first-order valence-electron chi connectivity index (χ1n) is 7.48. The number of nitrogens with zero attached hydrogens (tertiary/aromatic N) is 2. The van der Waals surface area contributed by atoms with E-state index in [9.17, 15) is 0 Å². The molecule has 0 saturated heterocycles. The van der Waals surface area contributed by atoms with Crippen molar-refractivity contribution in [2.75, 3.05) is 19.4 Å². The summed E-state index contributed by atoms with van der Waals surface area (Å²) >= 11 is 0. The van der Waals surface area contributed by atoms with E-state index in [4.69, 9.17) is 0 Å². The maximum absolute atomic E-state index is 4.52. The van der Waals surface area contributed by atoms with Gasteiger partial charge < -0.3 is 45.7 Å². The van der Waals surface area contributed by atoms with E-state index in [0.29, 0.717) is 0 Å². The Balaban J connectivity index is 0.00000144. The minimum absolute atomic E-state index is 0. The molecule has 0 aliphatic carbocycles. The molecule has 0 bridgehead atoms. The zero-order chi connectivity index (χ0) is 15.5. The Morgan fingerprint density at radius 3 is 2.33 bits per heavy atom. The van der Waals surface area contributed by atoms with Gasteiger partial charge in [0.1, 0.15) is 28.7 Å². The Kier molecular flexibility index (Phi) is 7.44. The fourth-order valence-electron chi connectivity index (χ4n) is 2.55. The molecule has 3 rings (SSSR count). The van der Waals surface area contributed by atoms with Gasteiger partial charge in [-0.05, 0) is 18.6 Å². The molecule has 0 saturated carbocycles. The van der Waals surface area contributed by atoms with E-state index >= 15 is 0 Å². The SMILES string of the molecule is C[NH2+]c1cc(CNc2nc(C)nc3[nH]ccc23)cc([NH2+]C)c1.[Cl-].[Cl-]. The average molecular weight is 369 g/mol. The second-order valence-corrected chi connectivity index (χ2v) is 5.30. The summed E-state index contributed by atoms with van der Waals surface area (Å²) in [6.45, 7) is 2.64. The van der Waals surface area contributed by atoms with Gasteiger partial charge in [0.15, 0.2) is 0 Å². The summed E-state index contributed by atoms with van der Waals surface area (Å²) in [4.78, 5) is 12.0. The number of halogens is 2. The molecule has 2 aromatic heterocycles. The number of anilines is 1. The summed E-state index contributed by atoms with van der Waals surface area (Å²) in [6.07, 6.45) is 1.89. The van der Waals surface area contributed by atoms with Gasteiger partial charge in [-0.2, -0.15) is 0 Å². The number of aromatic amines is 1. The number of H-pyrrole nitrogens is 1. The van der Waals surface area contributed by atoms with Crippen molar-refractivity contribution < 1.29 is 35.4 Å². The fourth-order valence-corrected chi connectivity index (χ4v) is 2.55. The normalized spacial score (nSPS) is 10.1. The van der Waals surface area contributed by atoms with Gasteiger partial charge in [-0.1, -0.05) is 0 Å². The van der Waals surface area contributed by atoms with E-state index < -0.39 is 0 Å². The number of hydrogen-bond acceptors (Lipinski definition) is 3. The van der Waals surface area contributed by atoms with Crippen molar-refractivity contribution in [1.29, 1.82) is 0 Å². The molecule has 0 fully saturated rings. The van der Waals surface area contributed by atoms with Gasteiger partial charge in [-0.25, -0.2) is 9.97 Å². The smallest absolute Gasteiger partial charge is 0.143 e. The highest BCUT2D eigenvalue weighted by Gasteiger charge is 2.08. The number of aryl methyl sites for hydroxylation is 1. The third-order valence-electron chi connectivity index (χ3n) is 3.69. The van der Waals surface area contributed by atoms with E-state index in [2.05, 4.69) is 63.2 Å². The number of quaternary nitrogens is 2. The zero-order valence-corrected chi connectivity index (χ0v) is 15.4. The number of nitrogens with two attached hydrogens (primary N) is 2. The summed E-state index contributed by atoms with van der Waals surface area (Å²) in [7, 11) is 4.12. The van der Waals surface area contributed by atoms with Gasteiger partial charge in [0.2, 0.25) is 0 Å². The van der Waals surface area contributed by atoms with Gasteiger partial charge in [0.25, 0.3) is 0 Å². The largest absolute Gasteiger partial charge is 1.00 e. The highest BCUT2D eigenvalue weighted by Crippen LogP contribution is 2.20. The van der Waals surface area contributed by atoms with Crippen LogP contribution in [0.5, 0.6) is 0 Å². The van der Waals surface area contributed by atoms with Crippen molar-refractivity contribution in [1.82, 2.24) is 15.0 Å². The van der Waals surface area contributed by atoms with Crippen molar-refractivity contribution in [3.63, 3.8) is 0 Å². The highest BCUT2D eigenvalue weighted by molar-refractivity contribution is 5.86. The van der Waals surface area contributed by atoms with Crippen LogP contribution in [0.3, 0.4) is 0 Å². The molecule has 6 nitrogen and oxygen atoms in total. The number of nitrogens with one attached hydrogen (secondary N) is 2. The van der Waals surface area contributed by atoms with Crippen molar-refractivity contribution in [2.45, 2.75) is 13.5 Å². The Hall–Kier alpha value is -1.86. The Morgan fingerprint density at radius 1 is 1.04 bits per heavy atom. The summed E-state index contributed by atoms with van der Waals surface area (Å²) in [6, 6.07) is 8.58. The van der Waals surface area contributed by atoms with Crippen LogP contribution in [0, 0.1) is 6.92 Å². The molecule has 0 amide bonds. The molecule has 8 heteroatoms. The van der Waals surface area contributed by atoms with Crippen LogP contribution in [0.25, 0.3) is 11.0 Å². The molecule has 0 radical (unpaired) electrons. The van der Waals surface area contributed by atoms with Crippen LogP contribution in [0.1, 0.15) is 11.4 Å². The lowest BCUT2D eigenvalue weighted by Crippen LogP contribution is -3.00. The number of rotatable bonds is 5. The lowest BCUT2D eigenvalue weighted by Gasteiger charge is -2.09. The van der Waals surface area contributed by atoms with Gasteiger partial charge in [-0.15, -0.1) is 0 Å². The summed E-state index contributed by atoms with van der Waals surface area (Å²) in [5.74, 6) is 1.63. The molecule has 6 N–H and O–H groups in total. The maximum Gasteiger partial charge on any atom is 0.143 e. The van der Waals surface area contributed by atoms with Crippen LogP contribution < -0.4 is 40.8 Å². The molecule has 0 spiro atoms. The molecular formula is C16H22Cl2N6. The molecule has 130 valence electrons. The predicted molar refractivity (Wildman–Crippen MR) is 87.4 cm³/mol. The Bertz CT molecular complexity index is 780. The van der Waals surface area contributed by atoms with Crippen molar-refractivity contribution in [3.05, 3.63) is 41.9 Å². The zero-order valence-electron chi connectivity index (χ0n) is 13.9. The first kappa shape index (κ1) is 20.2. The fraction of sp³-hybridized carbons (Fsp3) is 0.250. The molecule has 2 heterocycles. The van der Waals surface area contributed by atoms with Crippen molar-refractivity contribution >= 4 is 28.2 Å². The van der Waals surface area contributed by atoms with Crippen LogP contribution in [0.2, 0.25) is 0 Å². The molecule has 1 aromatic carbocycles. The number of benzene rings is 1. The second-order valence-electron chi connectivity index (χ2n) is 5.30. The van der Waals surface area contributed by atoms with Crippen LogP contribution in [-0.4, -0.2) is 29.0 Å². The third-order valence-corrected chi connectivity index (χ3v) is 3.69. The lowest BCUT2D eigenvalue weighted by molar-refractivity contribution is -0.547. The van der Waals surface area contributed by atoms with Gasteiger partial charge >= 0.3 is 0 Å². The van der Waals surface area contributed by atoms with E-state index in [0.717, 1.165) is 29.2 Å². The number of hydrogen-bond donors (Lipinski definition) is 4. The molecule has 0 aliphatic heterocycles. The summed E-state index contributed by atoms with van der Waals surface area (Å²) < 4.78 is 0. The third kappa shape index (κ3) is 4.36. The lowest BCUT2D eigenvalue weighted by atomic mass is 10.1. The van der Waals surface area contributed by atoms with Crippen LogP contribution in [-0.2, 0) is 6.54 Å². The van der Waals surface area contributed by atoms with Crippen molar-refractivity contribution in [2.24, 2.45) is 0 Å². The molecule has 0 unspecified atom stereocenters. The van der Waals surface area contributed by atoms with E-state index in [-0.39, 0.29) is 24.8 Å². The highest BCUT2D eigenvalue weighted by atomic mass is 35.5. The minimum Gasteiger partial charge on any atom is -1.00 e. The number of aromatic nitrogens is 3. The first-order valence-corrected chi connectivity index (χ1v) is 7.48. The molecule has 3 aromatic rings. The molecule has 24 heavy (non-hydrogen) atoms. The monoisotopic (exact) mass is 368 g/mol. The topological polar surface area (TPSA) is 86.8 Å². The standard InChI is InChI=1S/C16H20N6.2ClH/c1-10-21-15-14(4-5-19-15)16(22-10)20-9-11-6-12(17-2)8-13(7-11)18-3;;/h4-8,17-18H,9H2,1-3H3,(H2,19,20,21,22);2*1H. The Labute approximate surface area is 153 Å². The molecule has 0 aliphatic rings. The average Bonchev–Trinajstić information content (AvgIpc) is 3.00. The van der Waals surface area contributed by atoms with Crippen LogP contribution in [0.4, 0.5) is 17.2 Å². The second kappa shape index (κ2) is 8.84. The van der Waals surface area contributed by atoms with Gasteiger partial charge in [0.05, 0.1) is 25.5 Å². The minimum atomic E-state index is 0. The quantitative estimate of drug-likeness (QED) is 0.339. The number of fused-ring (bicyclic) bond motifs is 1. The molecular weight excluding hydrogens is 347 g/mol. The van der Waals surface area contributed by atoms with E-state index in [1.54, 1.807) is 0 Å². The van der Waals surface area contributed by atoms with Gasteiger partial charge in [0, 0.05) is 24.9 Å². The van der Waals surface area contributed by atoms with E-state index in [1.807, 2.05) is 19.2 Å².